The van der Waals surface area contributed by atoms with Gasteiger partial charge in [0.05, 0.1) is 19.1 Å². The van der Waals surface area contributed by atoms with Crippen LogP contribution in [0.15, 0.2) is 0 Å². The quantitative estimate of drug-likeness (QED) is 0.595. The number of amides is 1. The van der Waals surface area contributed by atoms with E-state index in [0.717, 1.165) is 12.8 Å². The van der Waals surface area contributed by atoms with Gasteiger partial charge in [0.2, 0.25) is 5.91 Å². The number of carbonyl (C=O) groups excluding carboxylic acids is 1. The average Bonchev–Trinajstić information content (AvgIpc) is 3.03. The van der Waals surface area contributed by atoms with Gasteiger partial charge in [-0.25, -0.2) is 0 Å². The maximum absolute atomic E-state index is 11.7. The molecule has 0 saturated heterocycles. The summed E-state index contributed by atoms with van der Waals surface area (Å²) in [6, 6.07) is 2.39. The molecular formula is C10H17N3O2. The number of nitrogens with zero attached hydrogens (tertiary/aromatic N) is 2. The Morgan fingerprint density at radius 3 is 2.87 bits per heavy atom. The van der Waals surface area contributed by atoms with Crippen molar-refractivity contribution in [1.29, 1.82) is 5.26 Å². The molecule has 1 aliphatic rings. The van der Waals surface area contributed by atoms with E-state index < -0.39 is 0 Å². The topological polar surface area (TPSA) is 79.3 Å². The van der Waals surface area contributed by atoms with Crippen LogP contribution in [0, 0.1) is 11.3 Å². The van der Waals surface area contributed by atoms with Crippen molar-refractivity contribution in [3.8, 4) is 6.07 Å². The standard InChI is InChI=1S/C10H17N3O2/c11-4-1-6-13(9-2-3-9)10(14)8-15-7-5-12/h9H,1-3,5-8,12H2. The van der Waals surface area contributed by atoms with Crippen LogP contribution in [0.25, 0.3) is 0 Å². The Hall–Kier alpha value is -1.12. The zero-order valence-corrected chi connectivity index (χ0v) is 8.82. The van der Waals surface area contributed by atoms with E-state index in [4.69, 9.17) is 15.7 Å². The third kappa shape index (κ3) is 4.28. The van der Waals surface area contributed by atoms with Crippen molar-refractivity contribution < 1.29 is 9.53 Å². The molecule has 0 bridgehead atoms. The molecular weight excluding hydrogens is 194 g/mol. The van der Waals surface area contributed by atoms with Crippen LogP contribution in [0.3, 0.4) is 0 Å². The molecule has 2 N–H and O–H groups in total. The van der Waals surface area contributed by atoms with Crippen molar-refractivity contribution >= 4 is 5.91 Å². The minimum atomic E-state index is -0.0267. The van der Waals surface area contributed by atoms with E-state index >= 15 is 0 Å². The number of ether oxygens (including phenoxy) is 1. The van der Waals surface area contributed by atoms with Crippen LogP contribution < -0.4 is 5.73 Å². The maximum atomic E-state index is 11.7. The fourth-order valence-corrected chi connectivity index (χ4v) is 1.39. The maximum Gasteiger partial charge on any atom is 0.248 e. The highest BCUT2D eigenvalue weighted by Gasteiger charge is 2.31. The highest BCUT2D eigenvalue weighted by Crippen LogP contribution is 2.26. The molecule has 0 aromatic rings. The molecule has 0 atom stereocenters. The van der Waals surface area contributed by atoms with Gasteiger partial charge in [-0.3, -0.25) is 4.79 Å². The van der Waals surface area contributed by atoms with Crippen molar-refractivity contribution in [2.75, 3.05) is 26.3 Å². The van der Waals surface area contributed by atoms with Gasteiger partial charge in [-0.05, 0) is 12.8 Å². The number of hydrogen-bond donors (Lipinski definition) is 1. The fraction of sp³-hybridized carbons (Fsp3) is 0.800. The SMILES string of the molecule is N#CCCN(C(=O)COCCN)C1CC1. The van der Waals surface area contributed by atoms with Gasteiger partial charge >= 0.3 is 0 Å². The summed E-state index contributed by atoms with van der Waals surface area (Å²) in [6.45, 7) is 1.43. The summed E-state index contributed by atoms with van der Waals surface area (Å²) in [5, 5.41) is 8.48. The van der Waals surface area contributed by atoms with E-state index in [9.17, 15) is 4.79 Å². The van der Waals surface area contributed by atoms with Crippen molar-refractivity contribution in [2.45, 2.75) is 25.3 Å². The molecule has 84 valence electrons. The van der Waals surface area contributed by atoms with Crippen LogP contribution in [0.2, 0.25) is 0 Å². The molecule has 0 radical (unpaired) electrons. The Morgan fingerprint density at radius 2 is 2.33 bits per heavy atom. The first-order valence-electron chi connectivity index (χ1n) is 5.23. The molecule has 1 amide bonds. The zero-order chi connectivity index (χ0) is 11.1. The largest absolute Gasteiger partial charge is 0.370 e. The summed E-state index contributed by atoms with van der Waals surface area (Å²) >= 11 is 0. The molecule has 1 rings (SSSR count). The lowest BCUT2D eigenvalue weighted by molar-refractivity contribution is -0.136. The van der Waals surface area contributed by atoms with Gasteiger partial charge in [0.1, 0.15) is 6.61 Å². The first kappa shape index (κ1) is 12.0. The predicted octanol–water partition coefficient (Wildman–Crippen LogP) is -0.134. The second-order valence-electron chi connectivity index (χ2n) is 3.57. The van der Waals surface area contributed by atoms with Crippen LogP contribution >= 0.6 is 0 Å². The highest BCUT2D eigenvalue weighted by atomic mass is 16.5. The lowest BCUT2D eigenvalue weighted by Crippen LogP contribution is -2.37. The number of nitriles is 1. The average molecular weight is 211 g/mol. The summed E-state index contributed by atoms with van der Waals surface area (Å²) in [5.41, 5.74) is 5.25. The Balaban J connectivity index is 2.28. The van der Waals surface area contributed by atoms with Crippen molar-refractivity contribution in [2.24, 2.45) is 5.73 Å². The lowest BCUT2D eigenvalue weighted by atomic mass is 10.3. The van der Waals surface area contributed by atoms with Gasteiger partial charge in [-0.1, -0.05) is 0 Å². The predicted molar refractivity (Wildman–Crippen MR) is 54.8 cm³/mol. The van der Waals surface area contributed by atoms with Gasteiger partial charge in [0.25, 0.3) is 0 Å². The summed E-state index contributed by atoms with van der Waals surface area (Å²) in [5.74, 6) is -0.0267. The molecule has 0 unspecified atom stereocenters. The van der Waals surface area contributed by atoms with E-state index in [1.54, 1.807) is 4.90 Å². The third-order valence-electron chi connectivity index (χ3n) is 2.26. The van der Waals surface area contributed by atoms with Crippen LogP contribution in [0.1, 0.15) is 19.3 Å². The first-order chi connectivity index (χ1) is 7.29. The van der Waals surface area contributed by atoms with E-state index in [2.05, 4.69) is 0 Å². The lowest BCUT2D eigenvalue weighted by Gasteiger charge is -2.20. The fourth-order valence-electron chi connectivity index (χ4n) is 1.39. The second kappa shape index (κ2) is 6.38. The van der Waals surface area contributed by atoms with Crippen LogP contribution in [0.4, 0.5) is 0 Å². The Labute approximate surface area is 89.8 Å². The van der Waals surface area contributed by atoms with Gasteiger partial charge in [-0.2, -0.15) is 5.26 Å². The third-order valence-corrected chi connectivity index (χ3v) is 2.26. The highest BCUT2D eigenvalue weighted by molar-refractivity contribution is 5.78. The zero-order valence-electron chi connectivity index (χ0n) is 8.82. The van der Waals surface area contributed by atoms with Gasteiger partial charge < -0.3 is 15.4 Å². The van der Waals surface area contributed by atoms with Gasteiger partial charge in [0.15, 0.2) is 0 Å². The first-order valence-corrected chi connectivity index (χ1v) is 5.23. The number of hydrogen-bond acceptors (Lipinski definition) is 4. The Kier molecular flexibility index (Phi) is 5.08. The summed E-state index contributed by atoms with van der Waals surface area (Å²) in [4.78, 5) is 13.4. The van der Waals surface area contributed by atoms with Gasteiger partial charge in [-0.15, -0.1) is 0 Å². The number of carbonyl (C=O) groups is 1. The van der Waals surface area contributed by atoms with Crippen molar-refractivity contribution in [3.05, 3.63) is 0 Å². The normalized spacial score (nSPS) is 14.7. The monoisotopic (exact) mass is 211 g/mol. The summed E-state index contributed by atoms with van der Waals surface area (Å²) in [6.07, 6.45) is 2.49. The minimum Gasteiger partial charge on any atom is -0.370 e. The summed E-state index contributed by atoms with van der Waals surface area (Å²) in [7, 11) is 0. The molecule has 0 spiro atoms. The molecule has 5 nitrogen and oxygen atoms in total. The molecule has 15 heavy (non-hydrogen) atoms. The number of rotatable bonds is 7. The molecule has 5 heteroatoms. The van der Waals surface area contributed by atoms with Gasteiger partial charge in [0, 0.05) is 19.1 Å². The molecule has 1 aliphatic carbocycles. The van der Waals surface area contributed by atoms with E-state index in [1.807, 2.05) is 6.07 Å². The smallest absolute Gasteiger partial charge is 0.248 e. The Bertz CT molecular complexity index is 246. The van der Waals surface area contributed by atoms with Crippen LogP contribution in [-0.2, 0) is 9.53 Å². The molecule has 0 aromatic carbocycles. The van der Waals surface area contributed by atoms with E-state index in [0.29, 0.717) is 32.2 Å². The molecule has 1 saturated carbocycles. The minimum absolute atomic E-state index is 0.0267. The van der Waals surface area contributed by atoms with E-state index in [1.165, 1.54) is 0 Å². The number of nitrogens with two attached hydrogens (primary N) is 1. The summed E-state index contributed by atoms with van der Waals surface area (Å²) < 4.78 is 5.08. The molecule has 1 fully saturated rings. The van der Waals surface area contributed by atoms with Crippen molar-refractivity contribution in [3.63, 3.8) is 0 Å². The second-order valence-corrected chi connectivity index (χ2v) is 3.57. The van der Waals surface area contributed by atoms with Crippen LogP contribution in [0.5, 0.6) is 0 Å². The molecule has 0 heterocycles. The Morgan fingerprint density at radius 1 is 1.60 bits per heavy atom. The van der Waals surface area contributed by atoms with Crippen molar-refractivity contribution in [1.82, 2.24) is 4.90 Å². The van der Waals surface area contributed by atoms with E-state index in [-0.39, 0.29) is 12.5 Å². The molecule has 0 aromatic heterocycles. The van der Waals surface area contributed by atoms with Crippen LogP contribution in [-0.4, -0.2) is 43.2 Å². The molecule has 0 aliphatic heterocycles.